The van der Waals surface area contributed by atoms with Crippen molar-refractivity contribution in [1.29, 1.82) is 0 Å². The standard InChI is InChI=1S/C17H24F4N6/c1-22-16(24-12-4-7-26(9-12)11-17(19,20)21)25-13-5-8-27(10-13)15-14(18)3-2-6-23-15/h2-3,6,12-13H,4-5,7-11H2,1H3,(H2,22,24,25). The maximum atomic E-state index is 13.9. The second kappa shape index (κ2) is 8.28. The predicted molar refractivity (Wildman–Crippen MR) is 95.3 cm³/mol. The molecular weight excluding hydrogens is 364 g/mol. The molecule has 0 aliphatic carbocycles. The van der Waals surface area contributed by atoms with Crippen molar-refractivity contribution < 1.29 is 17.6 Å². The van der Waals surface area contributed by atoms with E-state index in [1.54, 1.807) is 19.3 Å². The van der Waals surface area contributed by atoms with Gasteiger partial charge in [0.05, 0.1) is 6.54 Å². The Morgan fingerprint density at radius 3 is 2.59 bits per heavy atom. The average molecular weight is 388 g/mol. The maximum absolute atomic E-state index is 13.9. The highest BCUT2D eigenvalue weighted by Gasteiger charge is 2.34. The number of pyridine rings is 1. The molecule has 10 heteroatoms. The maximum Gasteiger partial charge on any atom is 0.401 e. The molecule has 2 unspecified atom stereocenters. The van der Waals surface area contributed by atoms with E-state index < -0.39 is 12.7 Å². The third-order valence-electron chi connectivity index (χ3n) is 4.81. The summed E-state index contributed by atoms with van der Waals surface area (Å²) in [6.45, 7) is 1.11. The van der Waals surface area contributed by atoms with Gasteiger partial charge in [-0.3, -0.25) is 9.89 Å². The number of halogens is 4. The number of aliphatic imine (C=N–C) groups is 1. The summed E-state index contributed by atoms with van der Waals surface area (Å²) in [6.07, 6.45) is -1.19. The quantitative estimate of drug-likeness (QED) is 0.466. The summed E-state index contributed by atoms with van der Waals surface area (Å²) < 4.78 is 51.4. The molecule has 3 heterocycles. The topological polar surface area (TPSA) is 55.8 Å². The van der Waals surface area contributed by atoms with Crippen LogP contribution in [-0.4, -0.2) is 73.9 Å². The van der Waals surface area contributed by atoms with Gasteiger partial charge in [0.15, 0.2) is 17.6 Å². The Labute approximate surface area is 155 Å². The Balaban J connectivity index is 1.48. The molecule has 1 aromatic rings. The van der Waals surface area contributed by atoms with E-state index in [4.69, 9.17) is 0 Å². The van der Waals surface area contributed by atoms with E-state index in [0.717, 1.165) is 6.42 Å². The van der Waals surface area contributed by atoms with Crippen molar-refractivity contribution in [2.24, 2.45) is 4.99 Å². The number of likely N-dealkylation sites (tertiary alicyclic amines) is 1. The summed E-state index contributed by atoms with van der Waals surface area (Å²) >= 11 is 0. The zero-order chi connectivity index (χ0) is 19.4. The van der Waals surface area contributed by atoms with E-state index in [1.807, 2.05) is 4.90 Å². The minimum absolute atomic E-state index is 0.0605. The summed E-state index contributed by atoms with van der Waals surface area (Å²) in [4.78, 5) is 11.5. The van der Waals surface area contributed by atoms with Crippen molar-refractivity contribution in [1.82, 2.24) is 20.5 Å². The van der Waals surface area contributed by atoms with Crippen LogP contribution in [0.2, 0.25) is 0 Å². The van der Waals surface area contributed by atoms with Gasteiger partial charge in [-0.1, -0.05) is 0 Å². The van der Waals surface area contributed by atoms with Crippen LogP contribution in [0.15, 0.2) is 23.3 Å². The average Bonchev–Trinajstić information content (AvgIpc) is 3.23. The van der Waals surface area contributed by atoms with Crippen LogP contribution in [0.25, 0.3) is 0 Å². The number of alkyl halides is 3. The molecule has 2 atom stereocenters. The number of hydrogen-bond acceptors (Lipinski definition) is 4. The molecule has 0 saturated carbocycles. The lowest BCUT2D eigenvalue weighted by atomic mass is 10.2. The van der Waals surface area contributed by atoms with Gasteiger partial charge in [0.1, 0.15) is 0 Å². The van der Waals surface area contributed by atoms with Gasteiger partial charge in [-0.2, -0.15) is 13.2 Å². The second-order valence-corrected chi connectivity index (χ2v) is 6.94. The summed E-state index contributed by atoms with van der Waals surface area (Å²) in [5.74, 6) is 0.543. The molecule has 150 valence electrons. The third-order valence-corrected chi connectivity index (χ3v) is 4.81. The largest absolute Gasteiger partial charge is 0.401 e. The van der Waals surface area contributed by atoms with Gasteiger partial charge in [0.25, 0.3) is 0 Å². The number of nitrogens with one attached hydrogen (secondary N) is 2. The Kier molecular flexibility index (Phi) is 6.03. The molecule has 2 fully saturated rings. The number of anilines is 1. The van der Waals surface area contributed by atoms with E-state index >= 15 is 0 Å². The highest BCUT2D eigenvalue weighted by molar-refractivity contribution is 5.80. The fourth-order valence-corrected chi connectivity index (χ4v) is 3.59. The molecule has 0 bridgehead atoms. The Morgan fingerprint density at radius 2 is 1.93 bits per heavy atom. The third kappa shape index (κ3) is 5.44. The van der Waals surface area contributed by atoms with E-state index in [0.29, 0.717) is 44.4 Å². The summed E-state index contributed by atoms with van der Waals surface area (Å²) in [7, 11) is 1.63. The molecular formula is C17H24F4N6. The van der Waals surface area contributed by atoms with Crippen LogP contribution < -0.4 is 15.5 Å². The Morgan fingerprint density at radius 1 is 1.22 bits per heavy atom. The first-order chi connectivity index (χ1) is 12.8. The number of aromatic nitrogens is 1. The molecule has 0 amide bonds. The fourth-order valence-electron chi connectivity index (χ4n) is 3.59. The minimum Gasteiger partial charge on any atom is -0.352 e. The SMILES string of the molecule is CN=C(NC1CCN(CC(F)(F)F)C1)NC1CCN(c2ncccc2F)C1. The highest BCUT2D eigenvalue weighted by Crippen LogP contribution is 2.21. The van der Waals surface area contributed by atoms with E-state index in [-0.39, 0.29) is 17.9 Å². The molecule has 2 aliphatic heterocycles. The molecule has 1 aromatic heterocycles. The molecule has 2 aliphatic rings. The van der Waals surface area contributed by atoms with Crippen LogP contribution in [0.1, 0.15) is 12.8 Å². The number of rotatable bonds is 4. The van der Waals surface area contributed by atoms with Crippen LogP contribution in [0.5, 0.6) is 0 Å². The van der Waals surface area contributed by atoms with E-state index in [1.165, 1.54) is 11.0 Å². The monoisotopic (exact) mass is 388 g/mol. The second-order valence-electron chi connectivity index (χ2n) is 6.94. The smallest absolute Gasteiger partial charge is 0.352 e. The molecule has 0 spiro atoms. The van der Waals surface area contributed by atoms with Gasteiger partial charge < -0.3 is 15.5 Å². The van der Waals surface area contributed by atoms with E-state index in [9.17, 15) is 17.6 Å². The molecule has 0 radical (unpaired) electrons. The van der Waals surface area contributed by atoms with Crippen molar-refractivity contribution >= 4 is 11.8 Å². The van der Waals surface area contributed by atoms with Crippen molar-refractivity contribution in [3.8, 4) is 0 Å². The van der Waals surface area contributed by atoms with Crippen molar-refractivity contribution in [3.05, 3.63) is 24.1 Å². The molecule has 27 heavy (non-hydrogen) atoms. The van der Waals surface area contributed by atoms with Gasteiger partial charge >= 0.3 is 6.18 Å². The molecule has 2 N–H and O–H groups in total. The fraction of sp³-hybridized carbons (Fsp3) is 0.647. The first-order valence-corrected chi connectivity index (χ1v) is 8.98. The lowest BCUT2D eigenvalue weighted by Crippen LogP contribution is -2.49. The molecule has 3 rings (SSSR count). The van der Waals surface area contributed by atoms with Gasteiger partial charge in [0, 0.05) is 51.5 Å². The molecule has 2 saturated heterocycles. The number of hydrogen-bond donors (Lipinski definition) is 2. The van der Waals surface area contributed by atoms with Crippen molar-refractivity contribution in [3.63, 3.8) is 0 Å². The first kappa shape index (κ1) is 19.7. The van der Waals surface area contributed by atoms with Gasteiger partial charge in [0.2, 0.25) is 0 Å². The molecule has 6 nitrogen and oxygen atoms in total. The number of nitrogens with zero attached hydrogens (tertiary/aromatic N) is 4. The summed E-state index contributed by atoms with van der Waals surface area (Å²) in [5.41, 5.74) is 0. The van der Waals surface area contributed by atoms with Crippen LogP contribution in [0.4, 0.5) is 23.4 Å². The molecule has 0 aromatic carbocycles. The van der Waals surface area contributed by atoms with Crippen LogP contribution in [0, 0.1) is 5.82 Å². The van der Waals surface area contributed by atoms with Gasteiger partial charge in [-0.05, 0) is 25.0 Å². The van der Waals surface area contributed by atoms with E-state index in [2.05, 4.69) is 20.6 Å². The van der Waals surface area contributed by atoms with Crippen molar-refractivity contribution in [2.75, 3.05) is 44.7 Å². The lowest BCUT2D eigenvalue weighted by Gasteiger charge is -2.22. The normalized spacial score (nSPS) is 24.5. The summed E-state index contributed by atoms with van der Waals surface area (Å²) in [6, 6.07) is 2.92. The highest BCUT2D eigenvalue weighted by atomic mass is 19.4. The van der Waals surface area contributed by atoms with Gasteiger partial charge in [-0.25, -0.2) is 9.37 Å². The number of guanidine groups is 1. The zero-order valence-electron chi connectivity index (χ0n) is 15.1. The zero-order valence-corrected chi connectivity index (χ0v) is 15.1. The predicted octanol–water partition coefficient (Wildman–Crippen LogP) is 1.60. The Hall–Kier alpha value is -2.10. The Bertz CT molecular complexity index is 665. The first-order valence-electron chi connectivity index (χ1n) is 8.98. The van der Waals surface area contributed by atoms with Crippen molar-refractivity contribution in [2.45, 2.75) is 31.1 Å². The minimum atomic E-state index is -4.18. The van der Waals surface area contributed by atoms with Crippen LogP contribution in [-0.2, 0) is 0 Å². The van der Waals surface area contributed by atoms with Gasteiger partial charge in [-0.15, -0.1) is 0 Å². The lowest BCUT2D eigenvalue weighted by molar-refractivity contribution is -0.143. The van der Waals surface area contributed by atoms with Crippen LogP contribution in [0.3, 0.4) is 0 Å². The summed E-state index contributed by atoms with van der Waals surface area (Å²) in [5, 5.41) is 6.48. The van der Waals surface area contributed by atoms with Crippen LogP contribution >= 0.6 is 0 Å².